The number of rotatable bonds is 1. The van der Waals surface area contributed by atoms with Crippen LogP contribution in [0.25, 0.3) is 0 Å². The highest BCUT2D eigenvalue weighted by Crippen LogP contribution is 1.81. The lowest BCUT2D eigenvalue weighted by atomic mass is 10.2. The zero-order valence-electron chi connectivity index (χ0n) is 5.31. The maximum atomic E-state index is 7.00. The SMILES string of the molecule is CC(C)CN.CO. The van der Waals surface area contributed by atoms with Gasteiger partial charge in [0.2, 0.25) is 0 Å². The van der Waals surface area contributed by atoms with Gasteiger partial charge in [0.25, 0.3) is 0 Å². The van der Waals surface area contributed by atoms with Crippen molar-refractivity contribution in [2.75, 3.05) is 13.7 Å². The molecule has 0 radical (unpaired) electrons. The Morgan fingerprint density at radius 3 is 1.57 bits per heavy atom. The second kappa shape index (κ2) is 9.33. The fraction of sp³-hybridized carbons (Fsp3) is 1.00. The zero-order chi connectivity index (χ0) is 6.28. The van der Waals surface area contributed by atoms with Crippen molar-refractivity contribution in [2.45, 2.75) is 13.8 Å². The summed E-state index contributed by atoms with van der Waals surface area (Å²) in [6.45, 7) is 5.00. The van der Waals surface area contributed by atoms with Crippen molar-refractivity contribution in [3.8, 4) is 0 Å². The molecule has 0 bridgehead atoms. The highest BCUT2D eigenvalue weighted by molar-refractivity contribution is 4.38. The molecule has 0 aliphatic heterocycles. The third kappa shape index (κ3) is 24.7. The summed E-state index contributed by atoms with van der Waals surface area (Å²) in [6.07, 6.45) is 0. The van der Waals surface area contributed by atoms with E-state index in [1.165, 1.54) is 0 Å². The minimum absolute atomic E-state index is 0.662. The van der Waals surface area contributed by atoms with Gasteiger partial charge in [0.05, 0.1) is 0 Å². The summed E-state index contributed by atoms with van der Waals surface area (Å²) < 4.78 is 0. The van der Waals surface area contributed by atoms with Gasteiger partial charge in [-0.2, -0.15) is 0 Å². The van der Waals surface area contributed by atoms with Crippen LogP contribution in [0.2, 0.25) is 0 Å². The molecule has 0 heterocycles. The van der Waals surface area contributed by atoms with E-state index in [1.807, 2.05) is 0 Å². The van der Waals surface area contributed by atoms with E-state index in [4.69, 9.17) is 10.8 Å². The molecule has 7 heavy (non-hydrogen) atoms. The smallest absolute Gasteiger partial charge is 0.0319 e. The molecule has 0 spiro atoms. The number of nitrogens with two attached hydrogens (primary N) is 1. The number of aliphatic hydroxyl groups is 1. The van der Waals surface area contributed by atoms with Gasteiger partial charge in [-0.3, -0.25) is 0 Å². The molecule has 0 aromatic carbocycles. The number of hydrogen-bond donors (Lipinski definition) is 2. The van der Waals surface area contributed by atoms with Crippen molar-refractivity contribution in [3.05, 3.63) is 0 Å². The van der Waals surface area contributed by atoms with E-state index in [1.54, 1.807) is 0 Å². The molecule has 46 valence electrons. The first-order valence-electron chi connectivity index (χ1n) is 2.42. The number of aliphatic hydroxyl groups excluding tert-OH is 1. The average Bonchev–Trinajstić information content (AvgIpc) is 1.73. The monoisotopic (exact) mass is 105 g/mol. The average molecular weight is 105 g/mol. The molecule has 0 aromatic heterocycles. The maximum absolute atomic E-state index is 7.00. The van der Waals surface area contributed by atoms with Crippen LogP contribution in [0.1, 0.15) is 13.8 Å². The zero-order valence-corrected chi connectivity index (χ0v) is 5.31. The molecule has 0 aromatic rings. The van der Waals surface area contributed by atoms with Crippen LogP contribution in [0, 0.1) is 5.92 Å². The second-order valence-electron chi connectivity index (χ2n) is 1.63. The summed E-state index contributed by atoms with van der Waals surface area (Å²) in [5, 5.41) is 7.00. The Morgan fingerprint density at radius 2 is 1.57 bits per heavy atom. The lowest BCUT2D eigenvalue weighted by Crippen LogP contribution is -2.05. The summed E-state index contributed by atoms with van der Waals surface area (Å²) in [6, 6.07) is 0. The second-order valence-corrected chi connectivity index (χ2v) is 1.63. The highest BCUT2D eigenvalue weighted by atomic mass is 16.2. The van der Waals surface area contributed by atoms with Crippen LogP contribution in [-0.4, -0.2) is 18.8 Å². The maximum Gasteiger partial charge on any atom is 0.0319 e. The summed E-state index contributed by atoms with van der Waals surface area (Å²) in [5.41, 5.74) is 5.17. The van der Waals surface area contributed by atoms with Crippen molar-refractivity contribution in [1.29, 1.82) is 0 Å². The Kier molecular flexibility index (Phi) is 13.3. The van der Waals surface area contributed by atoms with Crippen LogP contribution >= 0.6 is 0 Å². The van der Waals surface area contributed by atoms with Gasteiger partial charge >= 0.3 is 0 Å². The fourth-order valence-electron chi connectivity index (χ4n) is 0. The third-order valence-electron chi connectivity index (χ3n) is 0.471. The molecule has 0 aliphatic carbocycles. The van der Waals surface area contributed by atoms with Crippen LogP contribution in [0.3, 0.4) is 0 Å². The molecular formula is C5H15NO. The van der Waals surface area contributed by atoms with Gasteiger partial charge < -0.3 is 10.8 Å². The predicted octanol–water partition coefficient (Wildman–Crippen LogP) is 0.210. The van der Waals surface area contributed by atoms with Gasteiger partial charge in [-0.05, 0) is 12.5 Å². The summed E-state index contributed by atoms with van der Waals surface area (Å²) in [4.78, 5) is 0. The van der Waals surface area contributed by atoms with Crippen molar-refractivity contribution in [1.82, 2.24) is 0 Å². The third-order valence-corrected chi connectivity index (χ3v) is 0.471. The first kappa shape index (κ1) is 10.0. The molecule has 0 atom stereocenters. The van der Waals surface area contributed by atoms with E-state index in [-0.39, 0.29) is 0 Å². The molecule has 0 unspecified atom stereocenters. The molecule has 0 amide bonds. The van der Waals surface area contributed by atoms with Crippen LogP contribution in [0.5, 0.6) is 0 Å². The largest absolute Gasteiger partial charge is 0.400 e. The molecule has 2 nitrogen and oxygen atoms in total. The van der Waals surface area contributed by atoms with Crippen LogP contribution in [0.15, 0.2) is 0 Å². The molecule has 0 aliphatic rings. The van der Waals surface area contributed by atoms with Crippen molar-refractivity contribution in [3.63, 3.8) is 0 Å². The molecule has 0 rings (SSSR count). The van der Waals surface area contributed by atoms with Crippen LogP contribution in [-0.2, 0) is 0 Å². The van der Waals surface area contributed by atoms with Crippen LogP contribution < -0.4 is 5.73 Å². The van der Waals surface area contributed by atoms with E-state index in [0.717, 1.165) is 13.7 Å². The van der Waals surface area contributed by atoms with E-state index >= 15 is 0 Å². The molecule has 0 fully saturated rings. The van der Waals surface area contributed by atoms with Gasteiger partial charge in [0.1, 0.15) is 0 Å². The van der Waals surface area contributed by atoms with E-state index in [2.05, 4.69) is 13.8 Å². The Balaban J connectivity index is 0. The van der Waals surface area contributed by atoms with Crippen molar-refractivity contribution in [2.24, 2.45) is 11.7 Å². The fourth-order valence-corrected chi connectivity index (χ4v) is 0. The van der Waals surface area contributed by atoms with Crippen molar-refractivity contribution < 1.29 is 5.11 Å². The minimum atomic E-state index is 0.662. The molecule has 2 heteroatoms. The van der Waals surface area contributed by atoms with Gasteiger partial charge in [-0.25, -0.2) is 0 Å². The quantitative estimate of drug-likeness (QED) is 0.500. The normalized spacial score (nSPS) is 7.71. The highest BCUT2D eigenvalue weighted by Gasteiger charge is 1.80. The molecular weight excluding hydrogens is 90.1 g/mol. The Morgan fingerprint density at radius 1 is 1.43 bits per heavy atom. The van der Waals surface area contributed by atoms with E-state index in [9.17, 15) is 0 Å². The first-order chi connectivity index (χ1) is 3.27. The summed E-state index contributed by atoms with van der Waals surface area (Å²) >= 11 is 0. The van der Waals surface area contributed by atoms with E-state index < -0.39 is 0 Å². The topological polar surface area (TPSA) is 46.2 Å². The Hall–Kier alpha value is -0.0800. The Bertz CT molecular complexity index is 22.0. The summed E-state index contributed by atoms with van der Waals surface area (Å²) in [5.74, 6) is 0.662. The standard InChI is InChI=1S/C4H11N.CH4O/c1-4(2)3-5;1-2/h4H,3,5H2,1-2H3;2H,1H3. The van der Waals surface area contributed by atoms with Gasteiger partial charge in [0, 0.05) is 7.11 Å². The van der Waals surface area contributed by atoms with Crippen LogP contribution in [0.4, 0.5) is 0 Å². The minimum Gasteiger partial charge on any atom is -0.400 e. The lowest BCUT2D eigenvalue weighted by Gasteiger charge is -1.91. The Labute approximate surface area is 45.3 Å². The van der Waals surface area contributed by atoms with Gasteiger partial charge in [0.15, 0.2) is 0 Å². The van der Waals surface area contributed by atoms with Gasteiger partial charge in [-0.1, -0.05) is 13.8 Å². The van der Waals surface area contributed by atoms with Crippen molar-refractivity contribution >= 4 is 0 Å². The predicted molar refractivity (Wildman–Crippen MR) is 32.0 cm³/mol. The van der Waals surface area contributed by atoms with Gasteiger partial charge in [-0.15, -0.1) is 0 Å². The summed E-state index contributed by atoms with van der Waals surface area (Å²) in [7, 11) is 1.00. The molecule has 0 saturated heterocycles. The molecule has 0 saturated carbocycles. The lowest BCUT2D eigenvalue weighted by molar-refractivity contribution is 0.399. The van der Waals surface area contributed by atoms with E-state index in [0.29, 0.717) is 5.92 Å². The number of hydrogen-bond acceptors (Lipinski definition) is 2. The molecule has 3 N–H and O–H groups in total. The first-order valence-corrected chi connectivity index (χ1v) is 2.42.